The van der Waals surface area contributed by atoms with E-state index in [0.717, 1.165) is 12.8 Å². The Kier molecular flexibility index (Phi) is 6.27. The second-order valence-electron chi connectivity index (χ2n) is 2.50. The first-order valence-corrected chi connectivity index (χ1v) is 5.42. The molecule has 0 aliphatic rings. The summed E-state index contributed by atoms with van der Waals surface area (Å²) < 4.78 is 25.0. The SMILES string of the molecule is NOS(=O)(=O)CCCCCCO. The summed E-state index contributed by atoms with van der Waals surface area (Å²) in [6, 6.07) is 0. The summed E-state index contributed by atoms with van der Waals surface area (Å²) in [5, 5.41) is 8.41. The Morgan fingerprint density at radius 2 is 1.75 bits per heavy atom. The fourth-order valence-corrected chi connectivity index (χ4v) is 1.45. The van der Waals surface area contributed by atoms with Gasteiger partial charge in [-0.2, -0.15) is 18.6 Å². The van der Waals surface area contributed by atoms with E-state index >= 15 is 0 Å². The van der Waals surface area contributed by atoms with Crippen LogP contribution in [0.4, 0.5) is 0 Å². The highest BCUT2D eigenvalue weighted by atomic mass is 32.2. The number of rotatable bonds is 7. The Bertz CT molecular complexity index is 190. The van der Waals surface area contributed by atoms with E-state index in [1.165, 1.54) is 0 Å². The van der Waals surface area contributed by atoms with Crippen molar-refractivity contribution < 1.29 is 17.8 Å². The normalized spacial score (nSPS) is 11.8. The molecule has 0 aromatic rings. The van der Waals surface area contributed by atoms with Crippen LogP contribution in [0.3, 0.4) is 0 Å². The number of aliphatic hydroxyl groups excluding tert-OH is 1. The second-order valence-corrected chi connectivity index (χ2v) is 4.21. The Hall–Kier alpha value is -0.170. The van der Waals surface area contributed by atoms with Gasteiger partial charge in [0.15, 0.2) is 0 Å². The largest absolute Gasteiger partial charge is 0.396 e. The van der Waals surface area contributed by atoms with Crippen molar-refractivity contribution in [2.75, 3.05) is 12.4 Å². The Morgan fingerprint density at radius 1 is 1.17 bits per heavy atom. The molecular weight excluding hydrogens is 182 g/mol. The van der Waals surface area contributed by atoms with Crippen molar-refractivity contribution in [3.8, 4) is 0 Å². The minimum atomic E-state index is -3.49. The predicted molar refractivity (Wildman–Crippen MR) is 44.6 cm³/mol. The molecule has 0 unspecified atom stereocenters. The average Bonchev–Trinajstić information content (AvgIpc) is 2.04. The van der Waals surface area contributed by atoms with Crippen molar-refractivity contribution in [2.24, 2.45) is 5.90 Å². The molecule has 0 aliphatic carbocycles. The van der Waals surface area contributed by atoms with E-state index in [2.05, 4.69) is 10.2 Å². The number of nitrogens with two attached hydrogens (primary N) is 1. The molecule has 0 atom stereocenters. The van der Waals surface area contributed by atoms with Crippen molar-refractivity contribution in [2.45, 2.75) is 25.7 Å². The lowest BCUT2D eigenvalue weighted by atomic mass is 10.2. The van der Waals surface area contributed by atoms with Gasteiger partial charge in [0.1, 0.15) is 0 Å². The highest BCUT2D eigenvalue weighted by molar-refractivity contribution is 7.86. The summed E-state index contributed by atoms with van der Waals surface area (Å²) in [7, 11) is -3.49. The lowest BCUT2D eigenvalue weighted by molar-refractivity contribution is 0.282. The van der Waals surface area contributed by atoms with Gasteiger partial charge in [0.05, 0.1) is 5.75 Å². The standard InChI is InChI=1S/C6H15NO4S/c7-11-12(9,10)6-4-2-1-3-5-8/h8H,1-7H2. The summed E-state index contributed by atoms with van der Waals surface area (Å²) in [6.45, 7) is 0.153. The van der Waals surface area contributed by atoms with E-state index in [-0.39, 0.29) is 12.4 Å². The van der Waals surface area contributed by atoms with E-state index in [1.807, 2.05) is 0 Å². The van der Waals surface area contributed by atoms with E-state index in [9.17, 15) is 8.42 Å². The maximum absolute atomic E-state index is 10.6. The number of hydrogen-bond donors (Lipinski definition) is 2. The molecule has 6 heteroatoms. The summed E-state index contributed by atoms with van der Waals surface area (Å²) >= 11 is 0. The van der Waals surface area contributed by atoms with Gasteiger partial charge in [-0.3, -0.25) is 0 Å². The topological polar surface area (TPSA) is 89.6 Å². The fraction of sp³-hybridized carbons (Fsp3) is 1.00. The van der Waals surface area contributed by atoms with Crippen LogP contribution in [0.5, 0.6) is 0 Å². The Morgan fingerprint density at radius 3 is 2.25 bits per heavy atom. The van der Waals surface area contributed by atoms with Crippen LogP contribution >= 0.6 is 0 Å². The zero-order chi connectivity index (χ0) is 9.45. The minimum Gasteiger partial charge on any atom is -0.396 e. The lowest BCUT2D eigenvalue weighted by Gasteiger charge is -1.99. The van der Waals surface area contributed by atoms with Crippen LogP contribution in [-0.2, 0) is 14.4 Å². The molecule has 0 aromatic heterocycles. The molecule has 0 bridgehead atoms. The molecule has 0 spiro atoms. The number of hydrogen-bond acceptors (Lipinski definition) is 5. The monoisotopic (exact) mass is 197 g/mol. The molecule has 0 aliphatic heterocycles. The van der Waals surface area contributed by atoms with Gasteiger partial charge in [-0.1, -0.05) is 12.8 Å². The molecule has 3 N–H and O–H groups in total. The van der Waals surface area contributed by atoms with Crippen molar-refractivity contribution in [3.63, 3.8) is 0 Å². The molecular formula is C6H15NO4S. The average molecular weight is 197 g/mol. The quantitative estimate of drug-likeness (QED) is 0.434. The zero-order valence-electron chi connectivity index (χ0n) is 6.90. The summed E-state index contributed by atoms with van der Waals surface area (Å²) in [4.78, 5) is 0. The Labute approximate surface area is 72.6 Å². The number of unbranched alkanes of at least 4 members (excludes halogenated alkanes) is 3. The van der Waals surface area contributed by atoms with Crippen LogP contribution in [0.2, 0.25) is 0 Å². The van der Waals surface area contributed by atoms with Crippen molar-refractivity contribution >= 4 is 10.1 Å². The summed E-state index contributed by atoms with van der Waals surface area (Å²) in [6.07, 6.45) is 2.84. The van der Waals surface area contributed by atoms with Crippen LogP contribution in [0.15, 0.2) is 0 Å². The van der Waals surface area contributed by atoms with Crippen molar-refractivity contribution in [1.29, 1.82) is 0 Å². The van der Waals surface area contributed by atoms with Crippen LogP contribution in [0.1, 0.15) is 25.7 Å². The molecule has 12 heavy (non-hydrogen) atoms. The third-order valence-corrected chi connectivity index (χ3v) is 2.53. The highest BCUT2D eigenvalue weighted by Crippen LogP contribution is 2.02. The first-order chi connectivity index (χ1) is 5.62. The molecule has 0 heterocycles. The third-order valence-electron chi connectivity index (χ3n) is 1.45. The third kappa shape index (κ3) is 6.53. The molecule has 0 rings (SSSR count). The molecule has 74 valence electrons. The van der Waals surface area contributed by atoms with Crippen molar-refractivity contribution in [3.05, 3.63) is 0 Å². The van der Waals surface area contributed by atoms with Gasteiger partial charge in [-0.05, 0) is 12.8 Å². The van der Waals surface area contributed by atoms with Gasteiger partial charge >= 0.3 is 0 Å². The van der Waals surface area contributed by atoms with Gasteiger partial charge in [0.2, 0.25) is 0 Å². The summed E-state index contributed by atoms with van der Waals surface area (Å²) in [5.74, 6) is 4.47. The molecule has 0 amide bonds. The van der Waals surface area contributed by atoms with Gasteiger partial charge in [-0.25, -0.2) is 0 Å². The smallest absolute Gasteiger partial charge is 0.283 e. The molecule has 5 nitrogen and oxygen atoms in total. The maximum atomic E-state index is 10.6. The lowest BCUT2D eigenvalue weighted by Crippen LogP contribution is -2.14. The molecule has 0 fully saturated rings. The molecule has 0 aromatic carbocycles. The fourth-order valence-electron chi connectivity index (χ4n) is 0.792. The predicted octanol–water partition coefficient (Wildman–Crippen LogP) is -0.241. The minimum absolute atomic E-state index is 0.0467. The Balaban J connectivity index is 3.32. The van der Waals surface area contributed by atoms with Gasteiger partial charge in [-0.15, -0.1) is 0 Å². The maximum Gasteiger partial charge on any atom is 0.283 e. The van der Waals surface area contributed by atoms with Gasteiger partial charge < -0.3 is 5.11 Å². The van der Waals surface area contributed by atoms with Crippen LogP contribution in [-0.4, -0.2) is 25.9 Å². The van der Waals surface area contributed by atoms with Crippen LogP contribution < -0.4 is 5.90 Å². The van der Waals surface area contributed by atoms with E-state index < -0.39 is 10.1 Å². The van der Waals surface area contributed by atoms with Crippen molar-refractivity contribution in [1.82, 2.24) is 0 Å². The first kappa shape index (κ1) is 11.8. The molecule has 0 saturated carbocycles. The molecule has 0 radical (unpaired) electrons. The first-order valence-electron chi connectivity index (χ1n) is 3.84. The van der Waals surface area contributed by atoms with Gasteiger partial charge in [0, 0.05) is 6.61 Å². The van der Waals surface area contributed by atoms with Gasteiger partial charge in [0.25, 0.3) is 10.1 Å². The molecule has 0 saturated heterocycles. The van der Waals surface area contributed by atoms with Crippen LogP contribution in [0, 0.1) is 0 Å². The van der Waals surface area contributed by atoms with E-state index in [1.54, 1.807) is 0 Å². The highest BCUT2D eigenvalue weighted by Gasteiger charge is 2.07. The van der Waals surface area contributed by atoms with E-state index in [4.69, 9.17) is 5.11 Å². The second kappa shape index (κ2) is 6.36. The van der Waals surface area contributed by atoms with E-state index in [0.29, 0.717) is 12.8 Å². The number of aliphatic hydroxyl groups is 1. The summed E-state index contributed by atoms with van der Waals surface area (Å²) in [5.41, 5.74) is 0. The van der Waals surface area contributed by atoms with Crippen LogP contribution in [0.25, 0.3) is 0 Å². The zero-order valence-corrected chi connectivity index (χ0v) is 7.72.